The SMILES string of the molecule is Cc1cccc(OC(=O)c2snnc2Cc2ccccc2)c1. The summed E-state index contributed by atoms with van der Waals surface area (Å²) in [6.45, 7) is 1.95. The summed E-state index contributed by atoms with van der Waals surface area (Å²) < 4.78 is 9.30. The lowest BCUT2D eigenvalue weighted by atomic mass is 10.1. The Hall–Kier alpha value is -2.53. The van der Waals surface area contributed by atoms with Crippen molar-refractivity contribution in [3.8, 4) is 5.75 Å². The van der Waals surface area contributed by atoms with E-state index in [0.29, 0.717) is 22.7 Å². The zero-order valence-corrected chi connectivity index (χ0v) is 12.8. The van der Waals surface area contributed by atoms with Gasteiger partial charge in [0.2, 0.25) is 0 Å². The zero-order valence-electron chi connectivity index (χ0n) is 12.0. The minimum absolute atomic E-state index is 0.411. The first kappa shape index (κ1) is 14.4. The van der Waals surface area contributed by atoms with Gasteiger partial charge in [0.15, 0.2) is 4.88 Å². The highest BCUT2D eigenvalue weighted by molar-refractivity contribution is 7.07. The van der Waals surface area contributed by atoms with Crippen LogP contribution >= 0.6 is 11.5 Å². The van der Waals surface area contributed by atoms with Crippen molar-refractivity contribution >= 4 is 17.5 Å². The number of carbonyl (C=O) groups excluding carboxylic acids is 1. The maximum Gasteiger partial charge on any atom is 0.357 e. The second kappa shape index (κ2) is 6.49. The molecule has 0 unspecified atom stereocenters. The monoisotopic (exact) mass is 310 g/mol. The molecule has 0 spiro atoms. The highest BCUT2D eigenvalue weighted by Crippen LogP contribution is 2.19. The van der Waals surface area contributed by atoms with Crippen molar-refractivity contribution in [2.24, 2.45) is 0 Å². The normalized spacial score (nSPS) is 10.4. The Morgan fingerprint density at radius 3 is 2.73 bits per heavy atom. The Balaban J connectivity index is 1.78. The fourth-order valence-electron chi connectivity index (χ4n) is 2.10. The van der Waals surface area contributed by atoms with Crippen molar-refractivity contribution in [1.29, 1.82) is 0 Å². The van der Waals surface area contributed by atoms with Crippen molar-refractivity contribution < 1.29 is 9.53 Å². The second-order valence-electron chi connectivity index (χ2n) is 4.92. The van der Waals surface area contributed by atoms with E-state index >= 15 is 0 Å². The van der Waals surface area contributed by atoms with Gasteiger partial charge < -0.3 is 4.74 Å². The van der Waals surface area contributed by atoms with Crippen LogP contribution in [0.2, 0.25) is 0 Å². The average molecular weight is 310 g/mol. The number of aryl methyl sites for hydroxylation is 1. The summed E-state index contributed by atoms with van der Waals surface area (Å²) in [5, 5.41) is 4.06. The molecule has 0 bridgehead atoms. The van der Waals surface area contributed by atoms with Crippen LogP contribution in [0, 0.1) is 6.92 Å². The first-order valence-electron chi connectivity index (χ1n) is 6.86. The molecule has 3 rings (SSSR count). The van der Waals surface area contributed by atoms with Gasteiger partial charge in [-0.3, -0.25) is 0 Å². The van der Waals surface area contributed by atoms with Crippen LogP contribution in [0.25, 0.3) is 0 Å². The smallest absolute Gasteiger partial charge is 0.357 e. The van der Waals surface area contributed by atoms with Crippen LogP contribution in [-0.4, -0.2) is 15.6 Å². The number of nitrogens with zero attached hydrogens (tertiary/aromatic N) is 2. The fourth-order valence-corrected chi connectivity index (χ4v) is 2.66. The molecule has 1 heterocycles. The summed E-state index contributed by atoms with van der Waals surface area (Å²) in [5.41, 5.74) is 2.77. The Bertz CT molecular complexity index is 784. The van der Waals surface area contributed by atoms with E-state index in [0.717, 1.165) is 22.7 Å². The minimum atomic E-state index is -0.411. The maximum atomic E-state index is 12.3. The number of rotatable bonds is 4. The molecular weight excluding hydrogens is 296 g/mol. The van der Waals surface area contributed by atoms with E-state index < -0.39 is 5.97 Å². The van der Waals surface area contributed by atoms with E-state index in [-0.39, 0.29) is 0 Å². The highest BCUT2D eigenvalue weighted by Gasteiger charge is 2.18. The largest absolute Gasteiger partial charge is 0.422 e. The third kappa shape index (κ3) is 3.38. The Morgan fingerprint density at radius 2 is 1.95 bits per heavy atom. The van der Waals surface area contributed by atoms with Gasteiger partial charge in [-0.25, -0.2) is 4.79 Å². The maximum absolute atomic E-state index is 12.3. The molecule has 4 nitrogen and oxygen atoms in total. The summed E-state index contributed by atoms with van der Waals surface area (Å²) in [5.74, 6) is 0.121. The van der Waals surface area contributed by atoms with E-state index in [1.54, 1.807) is 6.07 Å². The van der Waals surface area contributed by atoms with Crippen LogP contribution in [0.1, 0.15) is 26.5 Å². The van der Waals surface area contributed by atoms with Gasteiger partial charge in [0.05, 0.1) is 5.69 Å². The third-order valence-corrected chi connectivity index (χ3v) is 3.90. The van der Waals surface area contributed by atoms with E-state index in [2.05, 4.69) is 9.59 Å². The van der Waals surface area contributed by atoms with Crippen molar-refractivity contribution in [3.05, 3.63) is 76.3 Å². The number of aromatic nitrogens is 2. The molecule has 0 saturated heterocycles. The molecule has 0 N–H and O–H groups in total. The average Bonchev–Trinajstić information content (AvgIpc) is 2.96. The van der Waals surface area contributed by atoms with Crippen LogP contribution in [0.3, 0.4) is 0 Å². The number of esters is 1. The number of carbonyl (C=O) groups is 1. The first-order chi connectivity index (χ1) is 10.7. The van der Waals surface area contributed by atoms with Crippen LogP contribution in [0.5, 0.6) is 5.75 Å². The molecule has 110 valence electrons. The standard InChI is InChI=1S/C17H14N2O2S/c1-12-6-5-9-14(10-12)21-17(20)16-15(18-19-22-16)11-13-7-3-2-4-8-13/h2-10H,11H2,1H3. The Labute approximate surface area is 132 Å². The van der Waals surface area contributed by atoms with Gasteiger partial charge in [0, 0.05) is 6.42 Å². The topological polar surface area (TPSA) is 52.1 Å². The van der Waals surface area contributed by atoms with Crippen LogP contribution in [0.15, 0.2) is 54.6 Å². The Morgan fingerprint density at radius 1 is 1.14 bits per heavy atom. The van der Waals surface area contributed by atoms with Gasteiger partial charge in [-0.15, -0.1) is 5.10 Å². The number of hydrogen-bond acceptors (Lipinski definition) is 5. The van der Waals surface area contributed by atoms with Gasteiger partial charge in [0.25, 0.3) is 0 Å². The van der Waals surface area contributed by atoms with Gasteiger partial charge in [-0.2, -0.15) is 0 Å². The summed E-state index contributed by atoms with van der Waals surface area (Å²) in [6, 6.07) is 17.2. The number of ether oxygens (including phenoxy) is 1. The molecule has 0 atom stereocenters. The molecule has 0 amide bonds. The van der Waals surface area contributed by atoms with Crippen molar-refractivity contribution in [2.75, 3.05) is 0 Å². The van der Waals surface area contributed by atoms with Crippen LogP contribution in [0.4, 0.5) is 0 Å². The predicted octanol–water partition coefficient (Wildman–Crippen LogP) is 3.66. The molecular formula is C17H14N2O2S. The van der Waals surface area contributed by atoms with Gasteiger partial charge in [-0.1, -0.05) is 47.0 Å². The molecule has 1 aromatic heterocycles. The predicted molar refractivity (Wildman–Crippen MR) is 85.3 cm³/mol. The minimum Gasteiger partial charge on any atom is -0.422 e. The molecule has 0 saturated carbocycles. The number of benzene rings is 2. The quantitative estimate of drug-likeness (QED) is 0.545. The van der Waals surface area contributed by atoms with Crippen LogP contribution in [-0.2, 0) is 6.42 Å². The van der Waals surface area contributed by atoms with E-state index in [1.807, 2.05) is 55.5 Å². The lowest BCUT2D eigenvalue weighted by Gasteiger charge is -2.04. The molecule has 22 heavy (non-hydrogen) atoms. The van der Waals surface area contributed by atoms with E-state index in [9.17, 15) is 4.79 Å². The number of hydrogen-bond donors (Lipinski definition) is 0. The summed E-state index contributed by atoms with van der Waals surface area (Å²) in [7, 11) is 0. The van der Waals surface area contributed by atoms with Crippen molar-refractivity contribution in [1.82, 2.24) is 9.59 Å². The molecule has 0 fully saturated rings. The highest BCUT2D eigenvalue weighted by atomic mass is 32.1. The first-order valence-corrected chi connectivity index (χ1v) is 7.64. The van der Waals surface area contributed by atoms with Gasteiger partial charge in [0.1, 0.15) is 5.75 Å². The lowest BCUT2D eigenvalue weighted by molar-refractivity contribution is 0.0738. The lowest BCUT2D eigenvalue weighted by Crippen LogP contribution is -2.09. The molecule has 3 aromatic rings. The molecule has 2 aromatic carbocycles. The third-order valence-electron chi connectivity index (χ3n) is 3.16. The zero-order chi connectivity index (χ0) is 15.4. The van der Waals surface area contributed by atoms with Gasteiger partial charge >= 0.3 is 5.97 Å². The summed E-state index contributed by atoms with van der Waals surface area (Å²) in [4.78, 5) is 12.8. The molecule has 0 aliphatic rings. The van der Waals surface area contributed by atoms with E-state index in [1.165, 1.54) is 0 Å². The van der Waals surface area contributed by atoms with Crippen LogP contribution < -0.4 is 4.74 Å². The van der Waals surface area contributed by atoms with Crippen molar-refractivity contribution in [2.45, 2.75) is 13.3 Å². The molecule has 0 radical (unpaired) electrons. The summed E-state index contributed by atoms with van der Waals surface area (Å²) >= 11 is 1.06. The summed E-state index contributed by atoms with van der Waals surface area (Å²) in [6.07, 6.45) is 0.565. The Kier molecular flexibility index (Phi) is 4.25. The molecule has 5 heteroatoms. The molecule has 0 aliphatic carbocycles. The molecule has 0 aliphatic heterocycles. The second-order valence-corrected chi connectivity index (χ2v) is 5.67. The fraction of sp³-hybridized carbons (Fsp3) is 0.118. The van der Waals surface area contributed by atoms with Gasteiger partial charge in [-0.05, 0) is 41.7 Å². The van der Waals surface area contributed by atoms with Crippen molar-refractivity contribution in [3.63, 3.8) is 0 Å². The van der Waals surface area contributed by atoms with E-state index in [4.69, 9.17) is 4.74 Å².